The summed E-state index contributed by atoms with van der Waals surface area (Å²) >= 11 is 0. The minimum Gasteiger partial charge on any atom is -0.508 e. The van der Waals surface area contributed by atoms with E-state index in [9.17, 15) is 9.90 Å². The van der Waals surface area contributed by atoms with E-state index in [1.165, 1.54) is 0 Å². The second-order valence-electron chi connectivity index (χ2n) is 5.10. The molecule has 0 saturated carbocycles. The Balaban J connectivity index is 1.83. The zero-order valence-electron chi connectivity index (χ0n) is 11.2. The number of aromatic nitrogens is 1. The molecule has 5 nitrogen and oxygen atoms in total. The Morgan fingerprint density at radius 3 is 3.10 bits per heavy atom. The summed E-state index contributed by atoms with van der Waals surface area (Å²) in [6.07, 6.45) is 2.63. The summed E-state index contributed by atoms with van der Waals surface area (Å²) in [5, 5.41) is 16.5. The zero-order valence-corrected chi connectivity index (χ0v) is 11.2. The number of nitrogens with one attached hydrogen (secondary N) is 1. The van der Waals surface area contributed by atoms with Gasteiger partial charge in [-0.15, -0.1) is 0 Å². The van der Waals surface area contributed by atoms with Gasteiger partial charge in [-0.25, -0.2) is 0 Å². The van der Waals surface area contributed by atoms with E-state index in [4.69, 9.17) is 4.52 Å². The van der Waals surface area contributed by atoms with Crippen LogP contribution in [0.3, 0.4) is 0 Å². The highest BCUT2D eigenvalue weighted by atomic mass is 16.5. The monoisotopic (exact) mass is 272 g/mol. The number of rotatable bonds is 2. The number of carbonyl (C=O) groups is 1. The maximum atomic E-state index is 12.1. The smallest absolute Gasteiger partial charge is 0.290 e. The predicted molar refractivity (Wildman–Crippen MR) is 72.5 cm³/mol. The third-order valence-electron chi connectivity index (χ3n) is 3.64. The fraction of sp³-hybridized carbons (Fsp3) is 0.333. The first kappa shape index (κ1) is 12.7. The number of fused-ring (bicyclic) bond motifs is 1. The molecule has 1 atom stereocenters. The second kappa shape index (κ2) is 5.00. The number of aryl methyl sites for hydroxylation is 1. The van der Waals surface area contributed by atoms with Crippen molar-refractivity contribution in [1.29, 1.82) is 0 Å². The third-order valence-corrected chi connectivity index (χ3v) is 3.64. The first-order valence-electron chi connectivity index (χ1n) is 6.70. The number of aromatic hydroxyl groups is 1. The van der Waals surface area contributed by atoms with Crippen LogP contribution in [-0.4, -0.2) is 16.2 Å². The summed E-state index contributed by atoms with van der Waals surface area (Å²) in [5.41, 5.74) is 2.59. The normalized spacial score (nSPS) is 17.6. The SMILES string of the molecule is Cc1cc(C(=O)N[C@H]2CCCc3c(O)cccc32)on1. The molecule has 104 valence electrons. The Labute approximate surface area is 116 Å². The average molecular weight is 272 g/mol. The summed E-state index contributed by atoms with van der Waals surface area (Å²) in [6.45, 7) is 1.77. The van der Waals surface area contributed by atoms with E-state index in [0.29, 0.717) is 11.4 Å². The summed E-state index contributed by atoms with van der Waals surface area (Å²) in [4.78, 5) is 12.1. The summed E-state index contributed by atoms with van der Waals surface area (Å²) in [6, 6.07) is 6.95. The summed E-state index contributed by atoms with van der Waals surface area (Å²) < 4.78 is 4.97. The highest BCUT2D eigenvalue weighted by Crippen LogP contribution is 2.34. The molecule has 1 aliphatic rings. The fourth-order valence-corrected chi connectivity index (χ4v) is 2.68. The lowest BCUT2D eigenvalue weighted by atomic mass is 9.87. The molecular formula is C15H16N2O3. The van der Waals surface area contributed by atoms with Gasteiger partial charge in [-0.1, -0.05) is 17.3 Å². The molecule has 5 heteroatoms. The highest BCUT2D eigenvalue weighted by Gasteiger charge is 2.25. The molecule has 1 amide bonds. The minimum absolute atomic E-state index is 0.0937. The Kier molecular flexibility index (Phi) is 3.18. The van der Waals surface area contributed by atoms with E-state index in [-0.39, 0.29) is 17.7 Å². The molecule has 3 rings (SSSR count). The van der Waals surface area contributed by atoms with Crippen molar-refractivity contribution in [2.75, 3.05) is 0 Å². The van der Waals surface area contributed by atoms with Crippen molar-refractivity contribution in [3.63, 3.8) is 0 Å². The minimum atomic E-state index is -0.271. The summed E-state index contributed by atoms with van der Waals surface area (Å²) in [7, 11) is 0. The average Bonchev–Trinajstić information content (AvgIpc) is 2.87. The third kappa shape index (κ3) is 2.27. The highest BCUT2D eigenvalue weighted by molar-refractivity contribution is 5.91. The van der Waals surface area contributed by atoms with Crippen molar-refractivity contribution in [3.8, 4) is 5.75 Å². The molecule has 0 bridgehead atoms. The molecule has 0 saturated heterocycles. The summed E-state index contributed by atoms with van der Waals surface area (Å²) in [5.74, 6) is 0.249. The van der Waals surface area contributed by atoms with Crippen LogP contribution in [0.15, 0.2) is 28.8 Å². The maximum absolute atomic E-state index is 12.1. The molecular weight excluding hydrogens is 256 g/mol. The van der Waals surface area contributed by atoms with E-state index in [1.807, 2.05) is 6.07 Å². The molecule has 2 aromatic rings. The van der Waals surface area contributed by atoms with Gasteiger partial charge in [0, 0.05) is 6.07 Å². The number of carbonyl (C=O) groups excluding carboxylic acids is 1. The number of amides is 1. The molecule has 0 aliphatic heterocycles. The van der Waals surface area contributed by atoms with Gasteiger partial charge in [-0.3, -0.25) is 4.79 Å². The van der Waals surface area contributed by atoms with Crippen LogP contribution in [0.4, 0.5) is 0 Å². The second-order valence-corrected chi connectivity index (χ2v) is 5.10. The first-order chi connectivity index (χ1) is 9.65. The zero-order chi connectivity index (χ0) is 14.1. The van der Waals surface area contributed by atoms with Gasteiger partial charge in [0.2, 0.25) is 5.76 Å². The van der Waals surface area contributed by atoms with Gasteiger partial charge >= 0.3 is 0 Å². The lowest BCUT2D eigenvalue weighted by molar-refractivity contribution is 0.0895. The van der Waals surface area contributed by atoms with Gasteiger partial charge in [0.15, 0.2) is 0 Å². The fourth-order valence-electron chi connectivity index (χ4n) is 2.68. The van der Waals surface area contributed by atoms with E-state index in [2.05, 4.69) is 10.5 Å². The topological polar surface area (TPSA) is 75.4 Å². The standard InChI is InChI=1S/C15H16N2O3/c1-9-8-14(20-17-9)15(19)16-12-6-2-5-11-10(12)4-3-7-13(11)18/h3-4,7-8,12,18H,2,5-6H2,1H3,(H,16,19)/t12-/m0/s1. The molecule has 0 spiro atoms. The number of phenolic OH excluding ortho intramolecular Hbond substituents is 1. The van der Waals surface area contributed by atoms with Crippen LogP contribution in [0.5, 0.6) is 5.75 Å². The van der Waals surface area contributed by atoms with E-state index in [0.717, 1.165) is 30.4 Å². The Morgan fingerprint density at radius 1 is 1.50 bits per heavy atom. The van der Waals surface area contributed by atoms with Crippen molar-refractivity contribution in [2.24, 2.45) is 0 Å². The van der Waals surface area contributed by atoms with Gasteiger partial charge in [-0.05, 0) is 43.4 Å². The van der Waals surface area contributed by atoms with Crippen LogP contribution in [-0.2, 0) is 6.42 Å². The molecule has 2 N–H and O–H groups in total. The predicted octanol–water partition coefficient (Wildman–Crippen LogP) is 2.50. The van der Waals surface area contributed by atoms with Crippen molar-refractivity contribution >= 4 is 5.91 Å². The molecule has 1 aromatic heterocycles. The number of nitrogens with zero attached hydrogens (tertiary/aromatic N) is 1. The lowest BCUT2D eigenvalue weighted by Crippen LogP contribution is -2.30. The number of hydrogen-bond donors (Lipinski definition) is 2. The quantitative estimate of drug-likeness (QED) is 0.880. The lowest BCUT2D eigenvalue weighted by Gasteiger charge is -2.26. The molecule has 1 aliphatic carbocycles. The number of hydrogen-bond acceptors (Lipinski definition) is 4. The molecule has 0 radical (unpaired) electrons. The van der Waals surface area contributed by atoms with Crippen LogP contribution in [0.25, 0.3) is 0 Å². The van der Waals surface area contributed by atoms with Gasteiger partial charge in [0.05, 0.1) is 11.7 Å². The molecule has 1 aromatic carbocycles. The largest absolute Gasteiger partial charge is 0.508 e. The van der Waals surface area contributed by atoms with Gasteiger partial charge in [-0.2, -0.15) is 0 Å². The van der Waals surface area contributed by atoms with Crippen molar-refractivity contribution in [2.45, 2.75) is 32.2 Å². The Morgan fingerprint density at radius 2 is 2.35 bits per heavy atom. The van der Waals surface area contributed by atoms with Gasteiger partial charge < -0.3 is 14.9 Å². The van der Waals surface area contributed by atoms with Crippen molar-refractivity contribution < 1.29 is 14.4 Å². The molecule has 0 fully saturated rings. The molecule has 0 unspecified atom stereocenters. The maximum Gasteiger partial charge on any atom is 0.290 e. The molecule has 1 heterocycles. The van der Waals surface area contributed by atoms with Crippen molar-refractivity contribution in [1.82, 2.24) is 10.5 Å². The van der Waals surface area contributed by atoms with E-state index in [1.54, 1.807) is 25.1 Å². The van der Waals surface area contributed by atoms with Crippen molar-refractivity contribution in [3.05, 3.63) is 46.8 Å². The van der Waals surface area contributed by atoms with Crippen LogP contribution >= 0.6 is 0 Å². The van der Waals surface area contributed by atoms with Crippen LogP contribution in [0.1, 0.15) is 46.3 Å². The van der Waals surface area contributed by atoms with E-state index < -0.39 is 0 Å². The van der Waals surface area contributed by atoms with E-state index >= 15 is 0 Å². The van der Waals surface area contributed by atoms with Crippen LogP contribution < -0.4 is 5.32 Å². The molecule has 20 heavy (non-hydrogen) atoms. The Bertz CT molecular complexity index is 648. The Hall–Kier alpha value is -2.30. The van der Waals surface area contributed by atoms with Gasteiger partial charge in [0.1, 0.15) is 5.75 Å². The van der Waals surface area contributed by atoms with Crippen LogP contribution in [0.2, 0.25) is 0 Å². The number of benzene rings is 1. The van der Waals surface area contributed by atoms with Crippen LogP contribution in [0, 0.1) is 6.92 Å². The van der Waals surface area contributed by atoms with Gasteiger partial charge in [0.25, 0.3) is 5.91 Å². The number of phenols is 1. The first-order valence-corrected chi connectivity index (χ1v) is 6.70.